The molecule has 0 saturated carbocycles. The highest BCUT2D eigenvalue weighted by Gasteiger charge is 2.08. The predicted molar refractivity (Wildman–Crippen MR) is 130 cm³/mol. The lowest BCUT2D eigenvalue weighted by Crippen LogP contribution is -2.01. The molecule has 0 N–H and O–H groups in total. The van der Waals surface area contributed by atoms with Gasteiger partial charge in [-0.2, -0.15) is 0 Å². The second-order valence-electron chi connectivity index (χ2n) is 7.84. The Morgan fingerprint density at radius 1 is 1.00 bits per heavy atom. The van der Waals surface area contributed by atoms with E-state index >= 15 is 0 Å². The Labute approximate surface area is 193 Å². The molecular formula is C28H26N2O3. The van der Waals surface area contributed by atoms with Gasteiger partial charge in [-0.1, -0.05) is 24.3 Å². The number of ketones is 1. The highest BCUT2D eigenvalue weighted by atomic mass is 16.5. The average Bonchev–Trinajstić information content (AvgIpc) is 3.38. The molecule has 5 heteroatoms. The van der Waals surface area contributed by atoms with Gasteiger partial charge in [0, 0.05) is 29.2 Å². The van der Waals surface area contributed by atoms with E-state index < -0.39 is 0 Å². The maximum Gasteiger partial charge on any atom is 0.185 e. The molecule has 4 aromatic rings. The molecule has 4 rings (SSSR count). The summed E-state index contributed by atoms with van der Waals surface area (Å²) >= 11 is 0. The van der Waals surface area contributed by atoms with Gasteiger partial charge in [-0.05, 0) is 79.1 Å². The fourth-order valence-electron chi connectivity index (χ4n) is 3.51. The Kier molecular flexibility index (Phi) is 6.69. The molecule has 0 radical (unpaired) electrons. The number of imidazole rings is 1. The summed E-state index contributed by atoms with van der Waals surface area (Å²) in [6.07, 6.45) is 8.71. The number of aryl methyl sites for hydroxylation is 2. The smallest absolute Gasteiger partial charge is 0.185 e. The van der Waals surface area contributed by atoms with Crippen molar-refractivity contribution in [3.63, 3.8) is 0 Å². The number of aromatic nitrogens is 2. The maximum absolute atomic E-state index is 12.6. The molecule has 0 aliphatic rings. The van der Waals surface area contributed by atoms with Gasteiger partial charge in [-0.25, -0.2) is 4.98 Å². The summed E-state index contributed by atoms with van der Waals surface area (Å²) in [6.45, 7) is 4.44. The quantitative estimate of drug-likeness (QED) is 0.251. The molecular weight excluding hydrogens is 412 g/mol. The summed E-state index contributed by atoms with van der Waals surface area (Å²) in [5, 5.41) is 0. The number of ether oxygens (including phenoxy) is 2. The third-order valence-corrected chi connectivity index (χ3v) is 5.41. The van der Waals surface area contributed by atoms with Crippen LogP contribution >= 0.6 is 0 Å². The van der Waals surface area contributed by atoms with Crippen LogP contribution in [0.5, 0.6) is 11.5 Å². The third-order valence-electron chi connectivity index (χ3n) is 5.41. The van der Waals surface area contributed by atoms with Crippen molar-refractivity contribution >= 4 is 11.9 Å². The van der Waals surface area contributed by atoms with E-state index in [2.05, 4.69) is 17.1 Å². The second kappa shape index (κ2) is 10.0. The first kappa shape index (κ1) is 22.1. The summed E-state index contributed by atoms with van der Waals surface area (Å²) < 4.78 is 13.5. The Balaban J connectivity index is 1.47. The van der Waals surface area contributed by atoms with Crippen LogP contribution in [0.25, 0.3) is 11.8 Å². The first-order valence-corrected chi connectivity index (χ1v) is 10.7. The normalized spacial score (nSPS) is 11.0. The molecule has 0 fully saturated rings. The number of carbonyl (C=O) groups is 1. The number of hydrogen-bond donors (Lipinski definition) is 0. The number of methoxy groups -OCH3 is 1. The highest BCUT2D eigenvalue weighted by Crippen LogP contribution is 2.25. The zero-order valence-corrected chi connectivity index (χ0v) is 19.0. The lowest BCUT2D eigenvalue weighted by atomic mass is 10.1. The minimum absolute atomic E-state index is 0.0591. The van der Waals surface area contributed by atoms with Crippen LogP contribution < -0.4 is 9.47 Å². The number of allylic oxidation sites excluding steroid dienone is 1. The molecule has 5 nitrogen and oxygen atoms in total. The van der Waals surface area contributed by atoms with Crippen molar-refractivity contribution in [1.82, 2.24) is 9.55 Å². The standard InChI is InChI=1S/C28H26N2O3/c1-20-4-5-21(2)28(16-20)33-18-24-17-22(7-13-27(24)32-3)6-12-26(31)23-8-10-25(11-9-23)30-15-14-29-19-30/h4-17,19H,18H2,1-3H3/b12-6+. The zero-order valence-electron chi connectivity index (χ0n) is 19.0. The molecule has 0 atom stereocenters. The highest BCUT2D eigenvalue weighted by molar-refractivity contribution is 6.06. The molecule has 0 amide bonds. The van der Waals surface area contributed by atoms with Crippen LogP contribution in [-0.4, -0.2) is 22.4 Å². The van der Waals surface area contributed by atoms with Crippen LogP contribution in [0.3, 0.4) is 0 Å². The van der Waals surface area contributed by atoms with Crippen LogP contribution in [0.2, 0.25) is 0 Å². The molecule has 0 spiro atoms. The molecule has 0 bridgehead atoms. The summed E-state index contributed by atoms with van der Waals surface area (Å²) in [6, 6.07) is 19.4. The van der Waals surface area contributed by atoms with E-state index in [4.69, 9.17) is 9.47 Å². The van der Waals surface area contributed by atoms with Crippen LogP contribution in [0.4, 0.5) is 0 Å². The molecule has 1 aromatic heterocycles. The Morgan fingerprint density at radius 2 is 1.82 bits per heavy atom. The van der Waals surface area contributed by atoms with Crippen LogP contribution in [0.15, 0.2) is 85.5 Å². The average molecular weight is 439 g/mol. The lowest BCUT2D eigenvalue weighted by molar-refractivity contribution is 0.104. The summed E-state index contributed by atoms with van der Waals surface area (Å²) in [5.74, 6) is 1.54. The van der Waals surface area contributed by atoms with Gasteiger partial charge in [0.25, 0.3) is 0 Å². The summed E-state index contributed by atoms with van der Waals surface area (Å²) in [7, 11) is 1.64. The van der Waals surface area contributed by atoms with E-state index in [0.29, 0.717) is 12.2 Å². The van der Waals surface area contributed by atoms with Gasteiger partial charge in [0.05, 0.1) is 13.4 Å². The van der Waals surface area contributed by atoms with E-state index in [9.17, 15) is 4.79 Å². The van der Waals surface area contributed by atoms with Crippen LogP contribution in [-0.2, 0) is 6.61 Å². The SMILES string of the molecule is COc1ccc(/C=C/C(=O)c2ccc(-n3ccnc3)cc2)cc1COc1cc(C)ccc1C. The van der Waals surface area contributed by atoms with E-state index in [1.807, 2.05) is 79.2 Å². The minimum atomic E-state index is -0.0591. The monoisotopic (exact) mass is 438 g/mol. The van der Waals surface area contributed by atoms with E-state index in [-0.39, 0.29) is 5.78 Å². The molecule has 33 heavy (non-hydrogen) atoms. The lowest BCUT2D eigenvalue weighted by Gasteiger charge is -2.13. The van der Waals surface area contributed by atoms with Gasteiger partial charge in [-0.3, -0.25) is 4.79 Å². The molecule has 166 valence electrons. The van der Waals surface area contributed by atoms with Crippen molar-refractivity contribution in [3.8, 4) is 17.2 Å². The van der Waals surface area contributed by atoms with E-state index in [0.717, 1.165) is 39.4 Å². The summed E-state index contributed by atoms with van der Waals surface area (Å²) in [5.41, 5.74) is 5.63. The number of carbonyl (C=O) groups excluding carboxylic acids is 1. The molecule has 0 aliphatic heterocycles. The molecule has 3 aromatic carbocycles. The number of hydrogen-bond acceptors (Lipinski definition) is 4. The number of rotatable bonds is 8. The van der Waals surface area contributed by atoms with Crippen molar-refractivity contribution in [2.75, 3.05) is 7.11 Å². The van der Waals surface area contributed by atoms with Crippen molar-refractivity contribution in [3.05, 3.63) is 113 Å². The number of nitrogens with zero attached hydrogens (tertiary/aromatic N) is 2. The van der Waals surface area contributed by atoms with E-state index in [1.54, 1.807) is 25.7 Å². The van der Waals surface area contributed by atoms with Crippen molar-refractivity contribution in [1.29, 1.82) is 0 Å². The predicted octanol–water partition coefficient (Wildman–Crippen LogP) is 5.97. The zero-order chi connectivity index (χ0) is 23.2. The van der Waals surface area contributed by atoms with Gasteiger partial charge in [0.1, 0.15) is 18.1 Å². The topological polar surface area (TPSA) is 53.4 Å². The van der Waals surface area contributed by atoms with Gasteiger partial charge in [-0.15, -0.1) is 0 Å². The molecule has 0 saturated heterocycles. The first-order chi connectivity index (χ1) is 16.0. The molecule has 0 unspecified atom stereocenters. The van der Waals surface area contributed by atoms with Crippen LogP contribution in [0.1, 0.15) is 32.6 Å². The largest absolute Gasteiger partial charge is 0.496 e. The van der Waals surface area contributed by atoms with Crippen LogP contribution in [0, 0.1) is 13.8 Å². The van der Waals surface area contributed by atoms with E-state index in [1.165, 1.54) is 0 Å². The molecule has 0 aliphatic carbocycles. The number of benzene rings is 3. The fraction of sp³-hybridized carbons (Fsp3) is 0.143. The Morgan fingerprint density at radius 3 is 2.55 bits per heavy atom. The Hall–Kier alpha value is -4.12. The first-order valence-electron chi connectivity index (χ1n) is 10.7. The minimum Gasteiger partial charge on any atom is -0.496 e. The van der Waals surface area contributed by atoms with Gasteiger partial charge < -0.3 is 14.0 Å². The van der Waals surface area contributed by atoms with Crippen molar-refractivity contribution < 1.29 is 14.3 Å². The van der Waals surface area contributed by atoms with Gasteiger partial charge in [0.2, 0.25) is 0 Å². The molecule has 1 heterocycles. The van der Waals surface area contributed by atoms with Crippen molar-refractivity contribution in [2.45, 2.75) is 20.5 Å². The summed E-state index contributed by atoms with van der Waals surface area (Å²) in [4.78, 5) is 16.7. The van der Waals surface area contributed by atoms with Gasteiger partial charge in [0.15, 0.2) is 5.78 Å². The maximum atomic E-state index is 12.6. The van der Waals surface area contributed by atoms with Crippen molar-refractivity contribution in [2.24, 2.45) is 0 Å². The van der Waals surface area contributed by atoms with Gasteiger partial charge >= 0.3 is 0 Å². The fourth-order valence-corrected chi connectivity index (χ4v) is 3.51. The second-order valence-corrected chi connectivity index (χ2v) is 7.84. The Bertz CT molecular complexity index is 1270. The third kappa shape index (κ3) is 5.39.